The van der Waals surface area contributed by atoms with Gasteiger partial charge in [-0.25, -0.2) is 4.98 Å². The minimum atomic E-state index is -0.821. The topological polar surface area (TPSA) is 82.5 Å². The Balaban J connectivity index is 1.52. The summed E-state index contributed by atoms with van der Waals surface area (Å²) in [5, 5.41) is 14.4. The number of nitrogens with zero attached hydrogens (tertiary/aromatic N) is 2. The van der Waals surface area contributed by atoms with Crippen LogP contribution in [-0.4, -0.2) is 52.0 Å². The number of carboxylic acid groups (broad SMARTS) is 1. The molecule has 25 heavy (non-hydrogen) atoms. The number of thiophene rings is 1. The molecule has 2 heterocycles. The maximum atomic E-state index is 12.3. The third-order valence-electron chi connectivity index (χ3n) is 4.23. The first kappa shape index (κ1) is 18.3. The van der Waals surface area contributed by atoms with Crippen LogP contribution in [0, 0.1) is 0 Å². The molecule has 1 aliphatic rings. The Morgan fingerprint density at radius 3 is 2.80 bits per heavy atom. The SMILES string of the molecule is CCN(CC(=O)O)C1CC(NC(=O)c2csc(-c3ccc(Cl)s3)n2)C1. The van der Waals surface area contributed by atoms with Crippen LogP contribution in [0.2, 0.25) is 4.34 Å². The molecule has 0 spiro atoms. The van der Waals surface area contributed by atoms with E-state index in [0.717, 1.165) is 22.7 Å². The van der Waals surface area contributed by atoms with Gasteiger partial charge in [0.1, 0.15) is 10.7 Å². The standard InChI is InChI=1S/C16H18ClN3O3S2/c1-2-20(7-14(21)22)10-5-9(6-10)18-15(23)11-8-24-16(19-11)12-3-4-13(17)25-12/h3-4,8-10H,2,5-7H2,1H3,(H,18,23)(H,21,22). The highest BCUT2D eigenvalue weighted by Crippen LogP contribution is 2.33. The molecule has 6 nitrogen and oxygen atoms in total. The third kappa shape index (κ3) is 4.38. The highest BCUT2D eigenvalue weighted by Gasteiger charge is 2.35. The molecular formula is C16H18ClN3O3S2. The fourth-order valence-electron chi connectivity index (χ4n) is 2.86. The number of hydrogen-bond acceptors (Lipinski definition) is 6. The summed E-state index contributed by atoms with van der Waals surface area (Å²) >= 11 is 8.79. The van der Waals surface area contributed by atoms with E-state index in [-0.39, 0.29) is 24.5 Å². The van der Waals surface area contributed by atoms with Crippen molar-refractivity contribution in [1.82, 2.24) is 15.2 Å². The van der Waals surface area contributed by atoms with E-state index in [0.29, 0.717) is 16.6 Å². The molecule has 0 aliphatic heterocycles. The van der Waals surface area contributed by atoms with E-state index in [1.807, 2.05) is 24.0 Å². The second-order valence-electron chi connectivity index (χ2n) is 5.89. The van der Waals surface area contributed by atoms with Crippen LogP contribution in [0.25, 0.3) is 9.88 Å². The lowest BCUT2D eigenvalue weighted by molar-refractivity contribution is -0.139. The molecular weight excluding hydrogens is 382 g/mol. The first-order valence-corrected chi connectivity index (χ1v) is 10.0. The summed E-state index contributed by atoms with van der Waals surface area (Å²) in [6.45, 7) is 2.68. The number of carboxylic acids is 1. The zero-order valence-electron chi connectivity index (χ0n) is 13.6. The van der Waals surface area contributed by atoms with Gasteiger partial charge in [0, 0.05) is 17.5 Å². The molecule has 9 heteroatoms. The number of carbonyl (C=O) groups excluding carboxylic acids is 1. The smallest absolute Gasteiger partial charge is 0.317 e. The van der Waals surface area contributed by atoms with Crippen molar-refractivity contribution in [2.45, 2.75) is 31.8 Å². The Hall–Kier alpha value is -1.48. The van der Waals surface area contributed by atoms with Gasteiger partial charge in [-0.1, -0.05) is 18.5 Å². The Kier molecular flexibility index (Phi) is 5.73. The van der Waals surface area contributed by atoms with Crippen LogP contribution in [0.5, 0.6) is 0 Å². The first-order chi connectivity index (χ1) is 12.0. The molecule has 0 atom stereocenters. The molecule has 1 aliphatic carbocycles. The van der Waals surface area contributed by atoms with Crippen molar-refractivity contribution in [1.29, 1.82) is 0 Å². The van der Waals surface area contributed by atoms with Crippen LogP contribution in [0.15, 0.2) is 17.5 Å². The zero-order chi connectivity index (χ0) is 18.0. The van der Waals surface area contributed by atoms with Crippen molar-refractivity contribution in [3.05, 3.63) is 27.5 Å². The number of nitrogens with one attached hydrogen (secondary N) is 1. The second kappa shape index (κ2) is 7.82. The molecule has 2 aromatic heterocycles. The van der Waals surface area contributed by atoms with Crippen LogP contribution >= 0.6 is 34.3 Å². The molecule has 1 amide bonds. The minimum absolute atomic E-state index is 0.0423. The Morgan fingerprint density at radius 1 is 1.44 bits per heavy atom. The largest absolute Gasteiger partial charge is 0.480 e. The van der Waals surface area contributed by atoms with Gasteiger partial charge in [0.2, 0.25) is 0 Å². The van der Waals surface area contributed by atoms with Gasteiger partial charge >= 0.3 is 5.97 Å². The van der Waals surface area contributed by atoms with E-state index in [9.17, 15) is 9.59 Å². The molecule has 2 N–H and O–H groups in total. The Morgan fingerprint density at radius 2 is 2.20 bits per heavy atom. The average Bonchev–Trinajstić information content (AvgIpc) is 3.16. The van der Waals surface area contributed by atoms with Crippen LogP contribution in [0.3, 0.4) is 0 Å². The van der Waals surface area contributed by atoms with E-state index >= 15 is 0 Å². The molecule has 0 unspecified atom stereocenters. The lowest BCUT2D eigenvalue weighted by Crippen LogP contribution is -2.54. The summed E-state index contributed by atoms with van der Waals surface area (Å²) in [6.07, 6.45) is 1.54. The van der Waals surface area contributed by atoms with Crippen molar-refractivity contribution >= 4 is 46.2 Å². The van der Waals surface area contributed by atoms with Crippen LogP contribution in [-0.2, 0) is 4.79 Å². The summed E-state index contributed by atoms with van der Waals surface area (Å²) in [7, 11) is 0. The quantitative estimate of drug-likeness (QED) is 0.747. The summed E-state index contributed by atoms with van der Waals surface area (Å²) in [4.78, 5) is 30.4. The van der Waals surface area contributed by atoms with Crippen LogP contribution in [0.4, 0.5) is 0 Å². The number of rotatable bonds is 7. The summed E-state index contributed by atoms with van der Waals surface area (Å²) in [5.74, 6) is -1.01. The maximum absolute atomic E-state index is 12.3. The molecule has 0 radical (unpaired) electrons. The number of halogens is 1. The number of likely N-dealkylation sites (N-methyl/N-ethyl adjacent to an activating group) is 1. The maximum Gasteiger partial charge on any atom is 0.317 e. The highest BCUT2D eigenvalue weighted by atomic mass is 35.5. The van der Waals surface area contributed by atoms with Crippen molar-refractivity contribution in [3.63, 3.8) is 0 Å². The third-order valence-corrected chi connectivity index (χ3v) is 6.47. The van der Waals surface area contributed by atoms with E-state index in [1.54, 1.807) is 5.38 Å². The predicted octanol–water partition coefficient (Wildman–Crippen LogP) is 3.19. The van der Waals surface area contributed by atoms with Crippen molar-refractivity contribution in [2.75, 3.05) is 13.1 Å². The van der Waals surface area contributed by atoms with Crippen molar-refractivity contribution in [2.24, 2.45) is 0 Å². The van der Waals surface area contributed by atoms with Gasteiger partial charge in [-0.05, 0) is 31.5 Å². The highest BCUT2D eigenvalue weighted by molar-refractivity contribution is 7.23. The van der Waals surface area contributed by atoms with E-state index < -0.39 is 5.97 Å². The second-order valence-corrected chi connectivity index (χ2v) is 8.47. The summed E-state index contributed by atoms with van der Waals surface area (Å²) < 4.78 is 0.693. The van der Waals surface area contributed by atoms with E-state index in [1.165, 1.54) is 22.7 Å². The number of aromatic nitrogens is 1. The molecule has 3 rings (SSSR count). The predicted molar refractivity (Wildman–Crippen MR) is 99.6 cm³/mol. The average molecular weight is 400 g/mol. The van der Waals surface area contributed by atoms with Crippen molar-refractivity contribution < 1.29 is 14.7 Å². The Bertz CT molecular complexity index is 770. The van der Waals surface area contributed by atoms with Gasteiger partial charge in [-0.3, -0.25) is 14.5 Å². The van der Waals surface area contributed by atoms with Gasteiger partial charge < -0.3 is 10.4 Å². The fraction of sp³-hybridized carbons (Fsp3) is 0.438. The molecule has 2 aromatic rings. The number of hydrogen-bond donors (Lipinski definition) is 2. The van der Waals surface area contributed by atoms with E-state index in [2.05, 4.69) is 10.3 Å². The van der Waals surface area contributed by atoms with Gasteiger partial charge in [-0.2, -0.15) is 0 Å². The number of carbonyl (C=O) groups is 2. The van der Waals surface area contributed by atoms with E-state index in [4.69, 9.17) is 16.7 Å². The fourth-order valence-corrected chi connectivity index (χ4v) is 4.77. The molecule has 0 saturated heterocycles. The lowest BCUT2D eigenvalue weighted by atomic mass is 9.85. The summed E-state index contributed by atoms with van der Waals surface area (Å²) in [6, 6.07) is 3.99. The molecule has 0 bridgehead atoms. The normalized spacial score (nSPS) is 19.6. The molecule has 1 fully saturated rings. The van der Waals surface area contributed by atoms with Gasteiger partial charge in [0.15, 0.2) is 0 Å². The van der Waals surface area contributed by atoms with Crippen LogP contribution < -0.4 is 5.32 Å². The van der Waals surface area contributed by atoms with Gasteiger partial charge in [0.25, 0.3) is 5.91 Å². The van der Waals surface area contributed by atoms with Crippen molar-refractivity contribution in [3.8, 4) is 9.88 Å². The molecule has 1 saturated carbocycles. The zero-order valence-corrected chi connectivity index (χ0v) is 16.0. The molecule has 0 aromatic carbocycles. The molecule has 134 valence electrons. The minimum Gasteiger partial charge on any atom is -0.480 e. The number of thiazole rings is 1. The number of aliphatic carboxylic acids is 1. The summed E-state index contributed by atoms with van der Waals surface area (Å²) in [5.41, 5.74) is 0.408. The lowest BCUT2D eigenvalue weighted by Gasteiger charge is -2.42. The van der Waals surface area contributed by atoms with Crippen LogP contribution in [0.1, 0.15) is 30.3 Å². The number of amides is 1. The van der Waals surface area contributed by atoms with Gasteiger partial charge in [-0.15, -0.1) is 22.7 Å². The Labute approximate surface area is 158 Å². The monoisotopic (exact) mass is 399 g/mol. The first-order valence-electron chi connectivity index (χ1n) is 7.94. The van der Waals surface area contributed by atoms with Gasteiger partial charge in [0.05, 0.1) is 15.8 Å².